The molecule has 0 aromatic heterocycles. The first-order valence-electron chi connectivity index (χ1n) is 2.75. The minimum atomic E-state index is 0.139. The number of nitrogens with one attached hydrogen (secondary N) is 1. The molecule has 1 atom stereocenters. The van der Waals surface area contributed by atoms with Crippen LogP contribution in [0, 0.1) is 0 Å². The number of hydrogen-bond donors (Lipinski definition) is 1. The lowest BCUT2D eigenvalue weighted by Gasteiger charge is -2.18. The summed E-state index contributed by atoms with van der Waals surface area (Å²) in [5.74, 6) is 0.139. The van der Waals surface area contributed by atoms with Crippen molar-refractivity contribution in [2.75, 3.05) is 27.7 Å². The van der Waals surface area contributed by atoms with Crippen molar-refractivity contribution in [3.8, 4) is 0 Å². The molecular weight excluding hydrogens is 98.9 g/mol. The van der Waals surface area contributed by atoms with Crippen molar-refractivity contribution in [2.24, 2.45) is 0 Å². The van der Waals surface area contributed by atoms with Crippen molar-refractivity contribution in [1.29, 1.82) is 0 Å². The number of rotatable bonds is 3. The van der Waals surface area contributed by atoms with Crippen LogP contribution in [-0.2, 0) is 0 Å². The molecule has 8 heavy (non-hydrogen) atoms. The lowest BCUT2D eigenvalue weighted by Crippen LogP contribution is -2.36. The van der Waals surface area contributed by atoms with E-state index in [0.717, 1.165) is 6.54 Å². The van der Waals surface area contributed by atoms with Crippen LogP contribution in [-0.4, -0.2) is 46.4 Å². The highest BCUT2D eigenvalue weighted by Crippen LogP contribution is 1.81. The molecule has 3 heteroatoms. The van der Waals surface area contributed by atoms with Crippen LogP contribution in [0.5, 0.6) is 0 Å². The zero-order valence-electron chi connectivity index (χ0n) is 5.81. The van der Waals surface area contributed by atoms with Crippen LogP contribution < -0.4 is 5.32 Å². The van der Waals surface area contributed by atoms with Gasteiger partial charge in [-0.05, 0) is 27.1 Å². The lowest BCUT2D eigenvalue weighted by molar-refractivity contribution is 0.368. The van der Waals surface area contributed by atoms with Gasteiger partial charge in [0.25, 0.3) is 0 Å². The molecule has 2 radical (unpaired) electrons. The predicted octanol–water partition coefficient (Wildman–Crippen LogP) is -0.738. The number of hydrogen-bond acceptors (Lipinski definition) is 2. The highest BCUT2D eigenvalue weighted by molar-refractivity contribution is 6.11. The summed E-state index contributed by atoms with van der Waals surface area (Å²) in [7, 11) is 11.4. The maximum atomic E-state index is 5.59. The average Bonchev–Trinajstić information content (AvgIpc) is 1.67. The van der Waals surface area contributed by atoms with Crippen LogP contribution in [0.2, 0.25) is 0 Å². The molecule has 0 aliphatic rings. The van der Waals surface area contributed by atoms with Gasteiger partial charge in [0.2, 0.25) is 0 Å². The second kappa shape index (κ2) is 3.92. The van der Waals surface area contributed by atoms with Crippen LogP contribution in [0.1, 0.15) is 0 Å². The summed E-state index contributed by atoms with van der Waals surface area (Å²) in [6.07, 6.45) is 0. The van der Waals surface area contributed by atoms with Gasteiger partial charge in [-0.25, -0.2) is 0 Å². The van der Waals surface area contributed by atoms with E-state index in [4.69, 9.17) is 7.85 Å². The van der Waals surface area contributed by atoms with Crippen molar-refractivity contribution in [3.63, 3.8) is 0 Å². The summed E-state index contributed by atoms with van der Waals surface area (Å²) >= 11 is 0. The number of likely N-dealkylation sites (N-methyl/N-ethyl adjacent to an activating group) is 2. The third-order valence-corrected chi connectivity index (χ3v) is 1.08. The highest BCUT2D eigenvalue weighted by atomic mass is 15.1. The summed E-state index contributed by atoms with van der Waals surface area (Å²) < 4.78 is 0. The zero-order chi connectivity index (χ0) is 6.57. The van der Waals surface area contributed by atoms with Gasteiger partial charge < -0.3 is 10.2 Å². The van der Waals surface area contributed by atoms with E-state index >= 15 is 0 Å². The van der Waals surface area contributed by atoms with Gasteiger partial charge in [0, 0.05) is 6.54 Å². The Balaban J connectivity index is 3.17. The first-order chi connectivity index (χ1) is 3.68. The van der Waals surface area contributed by atoms with E-state index < -0.39 is 0 Å². The second-order valence-electron chi connectivity index (χ2n) is 2.09. The maximum absolute atomic E-state index is 5.59. The van der Waals surface area contributed by atoms with Crippen LogP contribution in [0.3, 0.4) is 0 Å². The van der Waals surface area contributed by atoms with E-state index in [0.29, 0.717) is 0 Å². The fraction of sp³-hybridized carbons (Fsp3) is 1.00. The van der Waals surface area contributed by atoms with Crippen LogP contribution >= 0.6 is 0 Å². The molecule has 0 saturated carbocycles. The largest absolute Gasteiger partial charge is 0.319 e. The molecule has 46 valence electrons. The Bertz CT molecular complexity index is 56.4. The second-order valence-corrected chi connectivity index (χ2v) is 2.09. The first-order valence-corrected chi connectivity index (χ1v) is 2.75. The normalized spacial score (nSPS) is 14.5. The molecule has 0 amide bonds. The summed E-state index contributed by atoms with van der Waals surface area (Å²) in [5.41, 5.74) is 0. The monoisotopic (exact) mass is 112 g/mol. The molecule has 0 aliphatic heterocycles. The van der Waals surface area contributed by atoms with Crippen molar-refractivity contribution in [1.82, 2.24) is 10.2 Å². The summed E-state index contributed by atoms with van der Waals surface area (Å²) in [6, 6.07) is 0. The third kappa shape index (κ3) is 3.05. The van der Waals surface area contributed by atoms with Gasteiger partial charge in [0.05, 0.1) is 7.85 Å². The van der Waals surface area contributed by atoms with Crippen molar-refractivity contribution >= 4 is 7.85 Å². The summed E-state index contributed by atoms with van der Waals surface area (Å²) in [4.78, 5) is 1.97. The summed E-state index contributed by atoms with van der Waals surface area (Å²) in [5, 5.41) is 2.98. The molecule has 0 aliphatic carbocycles. The molecule has 1 N–H and O–H groups in total. The zero-order valence-corrected chi connectivity index (χ0v) is 5.81. The first kappa shape index (κ1) is 7.98. The Labute approximate surface area is 52.7 Å². The van der Waals surface area contributed by atoms with Gasteiger partial charge in [0.15, 0.2) is 0 Å². The fourth-order valence-corrected chi connectivity index (χ4v) is 0.392. The van der Waals surface area contributed by atoms with Gasteiger partial charge in [0.1, 0.15) is 0 Å². The fourth-order valence-electron chi connectivity index (χ4n) is 0.392. The average molecular weight is 112 g/mol. The van der Waals surface area contributed by atoms with Crippen molar-refractivity contribution in [3.05, 3.63) is 0 Å². The lowest BCUT2D eigenvalue weighted by atomic mass is 9.96. The quantitative estimate of drug-likeness (QED) is 0.484. The van der Waals surface area contributed by atoms with E-state index in [-0.39, 0.29) is 5.94 Å². The van der Waals surface area contributed by atoms with Crippen LogP contribution in [0.15, 0.2) is 0 Å². The van der Waals surface area contributed by atoms with Gasteiger partial charge in [-0.2, -0.15) is 0 Å². The molecular formula is C5H13BN2. The molecule has 0 aromatic rings. The Morgan fingerprint density at radius 1 is 1.62 bits per heavy atom. The standard InChI is InChI=1S/C5H13BN2/c1-7-4-5(6)8(2)3/h5,7H,4H2,1-3H3. The van der Waals surface area contributed by atoms with E-state index in [1.54, 1.807) is 0 Å². The molecule has 0 spiro atoms. The molecule has 1 unspecified atom stereocenters. The topological polar surface area (TPSA) is 15.3 Å². The minimum absolute atomic E-state index is 0.139. The predicted molar refractivity (Wildman–Crippen MR) is 37.2 cm³/mol. The molecule has 0 rings (SSSR count). The number of nitrogens with zero attached hydrogens (tertiary/aromatic N) is 1. The maximum Gasteiger partial charge on any atom is 0.0927 e. The van der Waals surface area contributed by atoms with Crippen molar-refractivity contribution in [2.45, 2.75) is 5.94 Å². The van der Waals surface area contributed by atoms with E-state index in [2.05, 4.69) is 5.32 Å². The molecule has 0 bridgehead atoms. The Hall–Kier alpha value is -0.0151. The Morgan fingerprint density at radius 2 is 2.12 bits per heavy atom. The van der Waals surface area contributed by atoms with Gasteiger partial charge in [-0.1, -0.05) is 0 Å². The third-order valence-electron chi connectivity index (χ3n) is 1.08. The highest BCUT2D eigenvalue weighted by Gasteiger charge is 1.99. The van der Waals surface area contributed by atoms with Crippen molar-refractivity contribution < 1.29 is 0 Å². The van der Waals surface area contributed by atoms with Crippen LogP contribution in [0.25, 0.3) is 0 Å². The van der Waals surface area contributed by atoms with Crippen LogP contribution in [0.4, 0.5) is 0 Å². The van der Waals surface area contributed by atoms with Gasteiger partial charge >= 0.3 is 0 Å². The van der Waals surface area contributed by atoms with E-state index in [1.165, 1.54) is 0 Å². The minimum Gasteiger partial charge on any atom is -0.319 e. The molecule has 0 heterocycles. The molecule has 2 nitrogen and oxygen atoms in total. The molecule has 0 aromatic carbocycles. The SMILES string of the molecule is [B]C(CNC)N(C)C. The van der Waals surface area contributed by atoms with Gasteiger partial charge in [-0.3, -0.25) is 0 Å². The van der Waals surface area contributed by atoms with Gasteiger partial charge in [-0.15, -0.1) is 0 Å². The molecule has 0 saturated heterocycles. The smallest absolute Gasteiger partial charge is 0.0927 e. The van der Waals surface area contributed by atoms with E-state index in [1.807, 2.05) is 26.0 Å². The summed E-state index contributed by atoms with van der Waals surface area (Å²) in [6.45, 7) is 0.840. The van der Waals surface area contributed by atoms with E-state index in [9.17, 15) is 0 Å². The Kier molecular flexibility index (Phi) is 3.92. The molecule has 0 fully saturated rings. The Morgan fingerprint density at radius 3 is 2.25 bits per heavy atom.